The summed E-state index contributed by atoms with van der Waals surface area (Å²) >= 11 is 0. The van der Waals surface area contributed by atoms with E-state index in [1.807, 2.05) is 4.90 Å². The fraction of sp³-hybridized carbons (Fsp3) is 0.833. The van der Waals surface area contributed by atoms with E-state index < -0.39 is 5.41 Å². The molecule has 2 atom stereocenters. The quantitative estimate of drug-likeness (QED) is 0.316. The van der Waals surface area contributed by atoms with Crippen molar-refractivity contribution >= 4 is 11.7 Å². The second kappa shape index (κ2) is 4.42. The molecule has 0 radical (unpaired) electrons. The maximum Gasteiger partial charge on any atom is 0.236 e. The van der Waals surface area contributed by atoms with Gasteiger partial charge in [0.15, 0.2) is 5.84 Å². The molecule has 1 aliphatic carbocycles. The highest BCUT2D eigenvalue weighted by molar-refractivity contribution is 6.09. The third-order valence-electron chi connectivity index (χ3n) is 4.40. The normalized spacial score (nSPS) is 32.4. The molecular weight excluding hydrogens is 232 g/mol. The number of likely N-dealkylation sites (N-methyl/N-ethyl adjacent to an activating group) is 1. The van der Waals surface area contributed by atoms with Gasteiger partial charge in [-0.3, -0.25) is 9.69 Å². The van der Waals surface area contributed by atoms with Gasteiger partial charge in [-0.2, -0.15) is 0 Å². The zero-order valence-corrected chi connectivity index (χ0v) is 11.3. The predicted molar refractivity (Wildman–Crippen MR) is 68.3 cm³/mol. The van der Waals surface area contributed by atoms with E-state index in [4.69, 9.17) is 10.9 Å². The Morgan fingerprint density at radius 3 is 2.22 bits per heavy atom. The van der Waals surface area contributed by atoms with E-state index in [1.54, 1.807) is 0 Å². The summed E-state index contributed by atoms with van der Waals surface area (Å²) in [6.45, 7) is 5.64. The van der Waals surface area contributed by atoms with Gasteiger partial charge >= 0.3 is 0 Å². The Kier molecular flexibility index (Phi) is 3.23. The monoisotopic (exact) mass is 254 g/mol. The number of rotatable bonds is 2. The van der Waals surface area contributed by atoms with Gasteiger partial charge in [-0.25, -0.2) is 0 Å². The van der Waals surface area contributed by atoms with E-state index in [0.29, 0.717) is 38.0 Å². The summed E-state index contributed by atoms with van der Waals surface area (Å²) in [5.74, 6) is 0.0799. The highest BCUT2D eigenvalue weighted by Crippen LogP contribution is 2.47. The second-order valence-corrected chi connectivity index (χ2v) is 5.64. The van der Waals surface area contributed by atoms with Crippen molar-refractivity contribution in [3.8, 4) is 0 Å². The minimum absolute atomic E-state index is 0.0181. The first-order valence-corrected chi connectivity index (χ1v) is 6.41. The highest BCUT2D eigenvalue weighted by Gasteiger charge is 2.56. The van der Waals surface area contributed by atoms with Crippen molar-refractivity contribution in [1.29, 1.82) is 0 Å². The summed E-state index contributed by atoms with van der Waals surface area (Å²) in [7, 11) is 2.08. The Balaban J connectivity index is 2.11. The van der Waals surface area contributed by atoms with Crippen molar-refractivity contribution in [3.63, 3.8) is 0 Å². The van der Waals surface area contributed by atoms with Crippen molar-refractivity contribution in [1.82, 2.24) is 9.80 Å². The lowest BCUT2D eigenvalue weighted by molar-refractivity contribution is -0.138. The summed E-state index contributed by atoms with van der Waals surface area (Å²) in [5, 5.41) is 11.8. The summed E-state index contributed by atoms with van der Waals surface area (Å²) in [4.78, 5) is 16.6. The van der Waals surface area contributed by atoms with Gasteiger partial charge in [-0.15, -0.1) is 0 Å². The molecule has 18 heavy (non-hydrogen) atoms. The van der Waals surface area contributed by atoms with Crippen LogP contribution in [0.3, 0.4) is 0 Å². The van der Waals surface area contributed by atoms with Crippen molar-refractivity contribution in [2.45, 2.75) is 38.8 Å². The first-order chi connectivity index (χ1) is 8.42. The molecule has 0 aromatic rings. The van der Waals surface area contributed by atoms with Crippen LogP contribution in [0.1, 0.15) is 26.7 Å². The molecule has 2 aliphatic rings. The van der Waals surface area contributed by atoms with Crippen LogP contribution in [0, 0.1) is 5.41 Å². The molecule has 0 aromatic heterocycles. The minimum atomic E-state index is -0.718. The number of piperazine rings is 1. The van der Waals surface area contributed by atoms with E-state index in [2.05, 4.69) is 31.0 Å². The third kappa shape index (κ3) is 1.94. The molecule has 6 nitrogen and oxygen atoms in total. The van der Waals surface area contributed by atoms with E-state index >= 15 is 0 Å². The van der Waals surface area contributed by atoms with Gasteiger partial charge in [-0.1, -0.05) is 5.16 Å². The lowest BCUT2D eigenvalue weighted by Gasteiger charge is -2.43. The summed E-state index contributed by atoms with van der Waals surface area (Å²) < 4.78 is 0. The first-order valence-electron chi connectivity index (χ1n) is 6.41. The van der Waals surface area contributed by atoms with Gasteiger partial charge in [0, 0.05) is 25.2 Å². The summed E-state index contributed by atoms with van der Waals surface area (Å²) in [5.41, 5.74) is 4.94. The van der Waals surface area contributed by atoms with Crippen LogP contribution in [0.5, 0.6) is 0 Å². The van der Waals surface area contributed by atoms with Crippen molar-refractivity contribution in [2.75, 3.05) is 20.1 Å². The number of nitrogens with zero attached hydrogens (tertiary/aromatic N) is 3. The fourth-order valence-electron chi connectivity index (χ4n) is 2.67. The van der Waals surface area contributed by atoms with Gasteiger partial charge in [0.2, 0.25) is 5.91 Å². The minimum Gasteiger partial charge on any atom is -0.409 e. The molecule has 2 rings (SSSR count). The number of nitrogens with two attached hydrogens (primary N) is 1. The van der Waals surface area contributed by atoms with E-state index in [0.717, 1.165) is 0 Å². The molecule has 1 heterocycles. The number of carbonyl (C=O) groups is 1. The lowest BCUT2D eigenvalue weighted by atomic mass is 10.0. The molecule has 1 saturated carbocycles. The van der Waals surface area contributed by atoms with Crippen molar-refractivity contribution < 1.29 is 10.0 Å². The molecule has 2 fully saturated rings. The molecule has 3 N–H and O–H groups in total. The molecule has 102 valence electrons. The highest BCUT2D eigenvalue weighted by atomic mass is 16.4. The molecule has 6 heteroatoms. The van der Waals surface area contributed by atoms with Gasteiger partial charge < -0.3 is 15.8 Å². The van der Waals surface area contributed by atoms with Crippen LogP contribution in [0.4, 0.5) is 0 Å². The largest absolute Gasteiger partial charge is 0.409 e. The molecule has 1 amide bonds. The molecule has 0 spiro atoms. The second-order valence-electron chi connectivity index (χ2n) is 5.64. The van der Waals surface area contributed by atoms with Crippen LogP contribution in [-0.2, 0) is 4.79 Å². The SMILES string of the molecule is CC1CN(C(=O)C2(C(N)=NO)CC2)CC(C)N1C. The van der Waals surface area contributed by atoms with Gasteiger partial charge in [0.05, 0.1) is 0 Å². The number of oxime groups is 1. The number of amidine groups is 1. The van der Waals surface area contributed by atoms with E-state index in [-0.39, 0.29) is 11.7 Å². The Bertz CT molecular complexity index is 366. The zero-order chi connectivity index (χ0) is 13.5. The number of hydrogen-bond acceptors (Lipinski definition) is 4. The number of amides is 1. The van der Waals surface area contributed by atoms with Crippen LogP contribution >= 0.6 is 0 Å². The van der Waals surface area contributed by atoms with Gasteiger partial charge in [0.1, 0.15) is 5.41 Å². The zero-order valence-electron chi connectivity index (χ0n) is 11.3. The third-order valence-corrected chi connectivity index (χ3v) is 4.40. The molecule has 1 saturated heterocycles. The Morgan fingerprint density at radius 2 is 1.83 bits per heavy atom. The molecular formula is C12H22N4O2. The standard InChI is InChI=1S/C12H22N4O2/c1-8-6-16(7-9(2)15(8)3)11(17)12(4-5-12)10(13)14-18/h8-9,18H,4-7H2,1-3H3,(H2,13,14). The number of carbonyl (C=O) groups excluding carboxylic acids is 1. The van der Waals surface area contributed by atoms with Crippen LogP contribution in [0.25, 0.3) is 0 Å². The van der Waals surface area contributed by atoms with Gasteiger partial charge in [0.25, 0.3) is 0 Å². The summed E-state index contributed by atoms with van der Waals surface area (Å²) in [6.07, 6.45) is 1.38. The summed E-state index contributed by atoms with van der Waals surface area (Å²) in [6, 6.07) is 0.668. The Morgan fingerprint density at radius 1 is 1.33 bits per heavy atom. The fourth-order valence-corrected chi connectivity index (χ4v) is 2.67. The molecule has 0 bridgehead atoms. The number of hydrogen-bond donors (Lipinski definition) is 2. The average molecular weight is 254 g/mol. The van der Waals surface area contributed by atoms with Crippen molar-refractivity contribution in [3.05, 3.63) is 0 Å². The lowest BCUT2D eigenvalue weighted by Crippen LogP contribution is -2.58. The maximum atomic E-state index is 12.5. The van der Waals surface area contributed by atoms with Crippen LogP contribution in [0.15, 0.2) is 5.16 Å². The Hall–Kier alpha value is -1.30. The molecule has 1 aliphatic heterocycles. The first kappa shape index (κ1) is 13.1. The van der Waals surface area contributed by atoms with Crippen molar-refractivity contribution in [2.24, 2.45) is 16.3 Å². The molecule has 2 unspecified atom stereocenters. The molecule has 0 aromatic carbocycles. The van der Waals surface area contributed by atoms with Crippen LogP contribution in [0.2, 0.25) is 0 Å². The van der Waals surface area contributed by atoms with E-state index in [1.165, 1.54) is 0 Å². The topological polar surface area (TPSA) is 82.2 Å². The smallest absolute Gasteiger partial charge is 0.236 e. The maximum absolute atomic E-state index is 12.5. The van der Waals surface area contributed by atoms with Crippen LogP contribution in [-0.4, -0.2) is 59.0 Å². The van der Waals surface area contributed by atoms with Gasteiger partial charge in [-0.05, 0) is 33.7 Å². The predicted octanol–water partition coefficient (Wildman–Crippen LogP) is 0.0640. The van der Waals surface area contributed by atoms with E-state index in [9.17, 15) is 4.79 Å². The average Bonchev–Trinajstić information content (AvgIpc) is 3.14. The van der Waals surface area contributed by atoms with Crippen LogP contribution < -0.4 is 5.73 Å². The Labute approximate surface area is 107 Å².